The van der Waals surface area contributed by atoms with E-state index in [2.05, 4.69) is 5.32 Å². The van der Waals surface area contributed by atoms with E-state index < -0.39 is 24.4 Å². The number of rotatable bonds is 7. The maximum atomic E-state index is 11.7. The Bertz CT molecular complexity index is 782. The van der Waals surface area contributed by atoms with E-state index in [1.54, 1.807) is 61.7 Å². The third-order valence-electron chi connectivity index (χ3n) is 3.36. The summed E-state index contributed by atoms with van der Waals surface area (Å²) in [4.78, 5) is 35.0. The molecular formula is C20H19NO5. The van der Waals surface area contributed by atoms with Crippen LogP contribution >= 0.6 is 0 Å². The summed E-state index contributed by atoms with van der Waals surface area (Å²) in [7, 11) is 1.57. The topological polar surface area (TPSA) is 81.7 Å². The van der Waals surface area contributed by atoms with Crippen LogP contribution in [0.25, 0.3) is 6.08 Å². The van der Waals surface area contributed by atoms with Crippen molar-refractivity contribution >= 4 is 23.9 Å². The van der Waals surface area contributed by atoms with E-state index in [-0.39, 0.29) is 6.42 Å². The molecule has 0 bridgehead atoms. The van der Waals surface area contributed by atoms with Crippen molar-refractivity contribution in [3.05, 3.63) is 71.8 Å². The number of carbonyl (C=O) groups is 3. The molecule has 26 heavy (non-hydrogen) atoms. The van der Waals surface area contributed by atoms with Gasteiger partial charge in [-0.3, -0.25) is 14.9 Å². The minimum Gasteiger partial charge on any atom is -0.497 e. The fraction of sp³-hybridized carbons (Fsp3) is 0.150. The van der Waals surface area contributed by atoms with Crippen LogP contribution in [0.2, 0.25) is 0 Å². The minimum absolute atomic E-state index is 0.0812. The first kappa shape index (κ1) is 18.9. The van der Waals surface area contributed by atoms with Gasteiger partial charge in [-0.2, -0.15) is 0 Å². The van der Waals surface area contributed by atoms with Crippen LogP contribution in [0.1, 0.15) is 11.1 Å². The van der Waals surface area contributed by atoms with Crippen molar-refractivity contribution in [1.29, 1.82) is 0 Å². The van der Waals surface area contributed by atoms with Crippen LogP contribution in [0.4, 0.5) is 0 Å². The standard InChI is InChI=1S/C20H19NO5/c1-25-17-10-7-15(8-11-17)9-12-20(24)26-14-19(23)21-18(22)13-16-5-3-2-4-6-16/h2-12H,13-14H2,1H3,(H,21,22,23)/b12-9+. The smallest absolute Gasteiger partial charge is 0.331 e. The Morgan fingerprint density at radius 2 is 1.65 bits per heavy atom. The number of carbonyl (C=O) groups excluding carboxylic acids is 3. The molecule has 0 radical (unpaired) electrons. The Hall–Kier alpha value is -3.41. The van der Waals surface area contributed by atoms with Crippen molar-refractivity contribution in [3.8, 4) is 5.75 Å². The first-order valence-electron chi connectivity index (χ1n) is 7.92. The number of esters is 1. The second kappa shape index (κ2) is 9.78. The van der Waals surface area contributed by atoms with Crippen molar-refractivity contribution in [2.24, 2.45) is 0 Å². The third kappa shape index (κ3) is 6.60. The quantitative estimate of drug-likeness (QED) is 0.609. The lowest BCUT2D eigenvalue weighted by atomic mass is 10.1. The lowest BCUT2D eigenvalue weighted by Gasteiger charge is -2.04. The van der Waals surface area contributed by atoms with Gasteiger partial charge in [0.2, 0.25) is 5.91 Å². The molecule has 0 aliphatic heterocycles. The molecule has 0 fully saturated rings. The molecule has 0 heterocycles. The number of hydrogen-bond donors (Lipinski definition) is 1. The zero-order chi connectivity index (χ0) is 18.8. The predicted molar refractivity (Wildman–Crippen MR) is 96.3 cm³/mol. The third-order valence-corrected chi connectivity index (χ3v) is 3.36. The fourth-order valence-corrected chi connectivity index (χ4v) is 2.08. The first-order chi connectivity index (χ1) is 12.6. The molecule has 2 aromatic carbocycles. The van der Waals surface area contributed by atoms with Crippen molar-refractivity contribution in [1.82, 2.24) is 5.32 Å². The number of nitrogens with one attached hydrogen (secondary N) is 1. The fourth-order valence-electron chi connectivity index (χ4n) is 2.08. The van der Waals surface area contributed by atoms with E-state index in [0.717, 1.165) is 11.1 Å². The van der Waals surface area contributed by atoms with Gasteiger partial charge in [0.1, 0.15) is 5.75 Å². The molecule has 0 saturated carbocycles. The highest BCUT2D eigenvalue weighted by molar-refractivity contribution is 5.97. The molecule has 0 unspecified atom stereocenters. The van der Waals surface area contributed by atoms with Gasteiger partial charge in [0.15, 0.2) is 6.61 Å². The molecule has 1 N–H and O–H groups in total. The van der Waals surface area contributed by atoms with Crippen molar-refractivity contribution < 1.29 is 23.9 Å². The number of hydrogen-bond acceptors (Lipinski definition) is 5. The van der Waals surface area contributed by atoms with Crippen LogP contribution in [0.3, 0.4) is 0 Å². The SMILES string of the molecule is COc1ccc(/C=C/C(=O)OCC(=O)NC(=O)Cc2ccccc2)cc1. The van der Waals surface area contributed by atoms with E-state index in [1.165, 1.54) is 6.08 Å². The summed E-state index contributed by atoms with van der Waals surface area (Å²) < 4.78 is 9.85. The molecule has 2 rings (SSSR count). The maximum Gasteiger partial charge on any atom is 0.331 e. The Balaban J connectivity index is 1.72. The molecule has 2 amide bonds. The van der Waals surface area contributed by atoms with E-state index in [9.17, 15) is 14.4 Å². The van der Waals surface area contributed by atoms with Crippen LogP contribution in [0, 0.1) is 0 Å². The zero-order valence-corrected chi connectivity index (χ0v) is 14.3. The number of methoxy groups -OCH3 is 1. The van der Waals surface area contributed by atoms with Gasteiger partial charge in [-0.1, -0.05) is 42.5 Å². The summed E-state index contributed by atoms with van der Waals surface area (Å²) in [5.74, 6) is -1.09. The maximum absolute atomic E-state index is 11.7. The molecule has 6 nitrogen and oxygen atoms in total. The van der Waals surface area contributed by atoms with Gasteiger partial charge in [0, 0.05) is 6.08 Å². The highest BCUT2D eigenvalue weighted by Gasteiger charge is 2.10. The zero-order valence-electron chi connectivity index (χ0n) is 14.3. The van der Waals surface area contributed by atoms with Gasteiger partial charge < -0.3 is 9.47 Å². The van der Waals surface area contributed by atoms with Gasteiger partial charge in [-0.25, -0.2) is 4.79 Å². The Labute approximate surface area is 151 Å². The van der Waals surface area contributed by atoms with Crippen molar-refractivity contribution in [2.75, 3.05) is 13.7 Å². The lowest BCUT2D eigenvalue weighted by molar-refractivity contribution is -0.145. The Morgan fingerprint density at radius 1 is 0.962 bits per heavy atom. The number of amides is 2. The largest absolute Gasteiger partial charge is 0.497 e. The van der Waals surface area contributed by atoms with Crippen LogP contribution in [-0.4, -0.2) is 31.5 Å². The molecule has 0 aliphatic rings. The molecule has 6 heteroatoms. The molecule has 0 atom stereocenters. The summed E-state index contributed by atoms with van der Waals surface area (Å²) in [6.07, 6.45) is 2.85. The van der Waals surface area contributed by atoms with E-state index in [4.69, 9.17) is 9.47 Å². The van der Waals surface area contributed by atoms with E-state index in [1.807, 2.05) is 6.07 Å². The molecule has 134 valence electrons. The monoisotopic (exact) mass is 353 g/mol. The highest BCUT2D eigenvalue weighted by atomic mass is 16.5. The Morgan fingerprint density at radius 3 is 2.31 bits per heavy atom. The first-order valence-corrected chi connectivity index (χ1v) is 7.92. The summed E-state index contributed by atoms with van der Waals surface area (Å²) in [6, 6.07) is 16.1. The molecule has 0 spiro atoms. The summed E-state index contributed by atoms with van der Waals surface area (Å²) in [6.45, 7) is -0.522. The second-order valence-electron chi connectivity index (χ2n) is 5.35. The number of ether oxygens (including phenoxy) is 2. The van der Waals surface area contributed by atoms with E-state index >= 15 is 0 Å². The molecule has 0 aromatic heterocycles. The average molecular weight is 353 g/mol. The minimum atomic E-state index is -0.675. The molecule has 0 saturated heterocycles. The molecule has 0 aliphatic carbocycles. The second-order valence-corrected chi connectivity index (χ2v) is 5.35. The highest BCUT2D eigenvalue weighted by Crippen LogP contribution is 2.12. The van der Waals surface area contributed by atoms with E-state index in [0.29, 0.717) is 5.75 Å². The van der Waals surface area contributed by atoms with Crippen molar-refractivity contribution in [3.63, 3.8) is 0 Å². The van der Waals surface area contributed by atoms with Crippen LogP contribution in [0.5, 0.6) is 5.75 Å². The summed E-state index contributed by atoms with van der Waals surface area (Å²) in [5, 5.41) is 2.18. The van der Waals surface area contributed by atoms with Crippen LogP contribution < -0.4 is 10.1 Å². The molecular weight excluding hydrogens is 334 g/mol. The van der Waals surface area contributed by atoms with Crippen LogP contribution in [-0.2, 0) is 25.5 Å². The van der Waals surface area contributed by atoms with Gasteiger partial charge in [-0.15, -0.1) is 0 Å². The van der Waals surface area contributed by atoms with Crippen molar-refractivity contribution in [2.45, 2.75) is 6.42 Å². The van der Waals surface area contributed by atoms with Gasteiger partial charge in [0.25, 0.3) is 5.91 Å². The van der Waals surface area contributed by atoms with Gasteiger partial charge in [0.05, 0.1) is 13.5 Å². The number of imide groups is 1. The normalized spacial score (nSPS) is 10.3. The lowest BCUT2D eigenvalue weighted by Crippen LogP contribution is -2.35. The molecule has 2 aromatic rings. The Kier molecular flexibility index (Phi) is 7.12. The van der Waals surface area contributed by atoms with Crippen LogP contribution in [0.15, 0.2) is 60.7 Å². The number of benzene rings is 2. The summed E-state index contributed by atoms with van der Waals surface area (Å²) in [5.41, 5.74) is 1.57. The van der Waals surface area contributed by atoms with Gasteiger partial charge in [-0.05, 0) is 29.3 Å². The predicted octanol–water partition coefficient (Wildman–Crippen LogP) is 2.14. The van der Waals surface area contributed by atoms with Gasteiger partial charge >= 0.3 is 5.97 Å². The summed E-state index contributed by atoms with van der Waals surface area (Å²) >= 11 is 0. The average Bonchev–Trinajstić information content (AvgIpc) is 2.65.